The fourth-order valence-electron chi connectivity index (χ4n) is 2.68. The quantitative estimate of drug-likeness (QED) is 0.707. The van der Waals surface area contributed by atoms with Gasteiger partial charge in [-0.1, -0.05) is 17.7 Å². The molecule has 1 aliphatic heterocycles. The van der Waals surface area contributed by atoms with Gasteiger partial charge in [0.25, 0.3) is 0 Å². The van der Waals surface area contributed by atoms with Crippen molar-refractivity contribution in [3.05, 3.63) is 41.2 Å². The lowest BCUT2D eigenvalue weighted by Gasteiger charge is -2.29. The first-order valence-electron chi connectivity index (χ1n) is 8.20. The zero-order valence-corrected chi connectivity index (χ0v) is 14.5. The van der Waals surface area contributed by atoms with Crippen LogP contribution in [0.4, 0.5) is 16.4 Å². The molecule has 3 heterocycles. The van der Waals surface area contributed by atoms with E-state index in [1.165, 1.54) is 19.3 Å². The molecule has 0 radical (unpaired) electrons. The van der Waals surface area contributed by atoms with Gasteiger partial charge in [-0.3, -0.25) is 10.9 Å². The number of halogens is 1. The number of carbonyl (C=O) groups excluding carboxylic acids is 1. The van der Waals surface area contributed by atoms with E-state index >= 15 is 0 Å². The highest BCUT2D eigenvalue weighted by molar-refractivity contribution is 6.29. The minimum atomic E-state index is -0.370. The van der Waals surface area contributed by atoms with Gasteiger partial charge in [0.1, 0.15) is 5.82 Å². The van der Waals surface area contributed by atoms with E-state index in [1.54, 1.807) is 18.3 Å². The van der Waals surface area contributed by atoms with E-state index in [0.717, 1.165) is 24.5 Å². The molecule has 132 valence electrons. The zero-order chi connectivity index (χ0) is 17.5. The summed E-state index contributed by atoms with van der Waals surface area (Å²) >= 11 is 5.66. The molecule has 8 nitrogen and oxygen atoms in total. The summed E-state index contributed by atoms with van der Waals surface area (Å²) in [6.45, 7) is 2.40. The van der Waals surface area contributed by atoms with Crippen LogP contribution in [0.5, 0.6) is 0 Å². The van der Waals surface area contributed by atoms with Gasteiger partial charge >= 0.3 is 6.03 Å². The van der Waals surface area contributed by atoms with Gasteiger partial charge in [-0.05, 0) is 37.5 Å². The van der Waals surface area contributed by atoms with E-state index in [4.69, 9.17) is 11.6 Å². The SMILES string of the molecule is O=C(NCc1cccnc1N1CCCCC1)NNc1ccc(Cl)nn1. The number of rotatable bonds is 5. The first-order valence-corrected chi connectivity index (χ1v) is 8.58. The third-order valence-electron chi connectivity index (χ3n) is 3.90. The second-order valence-corrected chi connectivity index (χ2v) is 6.10. The maximum Gasteiger partial charge on any atom is 0.333 e. The molecule has 2 amide bonds. The summed E-state index contributed by atoms with van der Waals surface area (Å²) in [4.78, 5) is 18.7. The van der Waals surface area contributed by atoms with Crippen molar-refractivity contribution >= 4 is 29.3 Å². The zero-order valence-electron chi connectivity index (χ0n) is 13.7. The van der Waals surface area contributed by atoms with Crippen molar-refractivity contribution in [2.45, 2.75) is 25.8 Å². The standard InChI is InChI=1S/C16H20ClN7O/c17-13-6-7-14(21-20-13)22-23-16(25)19-11-12-5-4-8-18-15(12)24-9-2-1-3-10-24/h4-8H,1-3,9-11H2,(H,21,22)(H2,19,23,25). The first-order chi connectivity index (χ1) is 12.2. The average molecular weight is 362 g/mol. The predicted molar refractivity (Wildman–Crippen MR) is 96.3 cm³/mol. The number of pyridine rings is 1. The molecule has 9 heteroatoms. The Bertz CT molecular complexity index is 704. The highest BCUT2D eigenvalue weighted by Crippen LogP contribution is 2.21. The third-order valence-corrected chi connectivity index (χ3v) is 4.10. The number of nitrogens with zero attached hydrogens (tertiary/aromatic N) is 4. The van der Waals surface area contributed by atoms with Crippen LogP contribution in [0.25, 0.3) is 0 Å². The van der Waals surface area contributed by atoms with Gasteiger partial charge in [0.05, 0.1) is 0 Å². The fourth-order valence-corrected chi connectivity index (χ4v) is 2.78. The summed E-state index contributed by atoms with van der Waals surface area (Å²) in [6.07, 6.45) is 5.40. The van der Waals surface area contributed by atoms with Gasteiger partial charge in [-0.15, -0.1) is 10.2 Å². The molecule has 1 aliphatic rings. The van der Waals surface area contributed by atoms with Gasteiger partial charge < -0.3 is 10.2 Å². The fraction of sp³-hybridized carbons (Fsp3) is 0.375. The van der Waals surface area contributed by atoms with Crippen molar-refractivity contribution in [1.82, 2.24) is 25.9 Å². The van der Waals surface area contributed by atoms with Crippen LogP contribution in [-0.4, -0.2) is 34.3 Å². The number of hydrazine groups is 1. The van der Waals surface area contributed by atoms with Crippen LogP contribution in [0.2, 0.25) is 5.15 Å². The first kappa shape index (κ1) is 17.2. The molecule has 1 fully saturated rings. The lowest BCUT2D eigenvalue weighted by atomic mass is 10.1. The van der Waals surface area contributed by atoms with Gasteiger partial charge in [0, 0.05) is 31.4 Å². The number of anilines is 2. The lowest BCUT2D eigenvalue weighted by molar-refractivity contribution is 0.242. The number of carbonyl (C=O) groups is 1. The van der Waals surface area contributed by atoms with Crippen molar-refractivity contribution in [1.29, 1.82) is 0 Å². The number of hydrogen-bond donors (Lipinski definition) is 3. The molecule has 0 unspecified atom stereocenters. The molecule has 0 atom stereocenters. The highest BCUT2D eigenvalue weighted by atomic mass is 35.5. The Morgan fingerprint density at radius 3 is 2.76 bits per heavy atom. The average Bonchev–Trinajstić information content (AvgIpc) is 2.67. The molecule has 1 saturated heterocycles. The van der Waals surface area contributed by atoms with E-state index in [9.17, 15) is 4.79 Å². The van der Waals surface area contributed by atoms with Crippen LogP contribution >= 0.6 is 11.6 Å². The normalized spacial score (nSPS) is 14.0. The van der Waals surface area contributed by atoms with Crippen LogP contribution in [0.15, 0.2) is 30.5 Å². The van der Waals surface area contributed by atoms with Crippen LogP contribution < -0.4 is 21.1 Å². The van der Waals surface area contributed by atoms with E-state index in [2.05, 4.69) is 36.2 Å². The Labute approximate surface area is 151 Å². The van der Waals surface area contributed by atoms with Crippen molar-refractivity contribution in [3.63, 3.8) is 0 Å². The van der Waals surface area contributed by atoms with Crippen molar-refractivity contribution in [3.8, 4) is 0 Å². The second kappa shape index (κ2) is 8.48. The molecule has 0 saturated carbocycles. The maximum atomic E-state index is 12.0. The molecule has 3 N–H and O–H groups in total. The van der Waals surface area contributed by atoms with E-state index in [-0.39, 0.29) is 11.2 Å². The summed E-state index contributed by atoms with van der Waals surface area (Å²) in [5.41, 5.74) is 6.17. The van der Waals surface area contributed by atoms with E-state index < -0.39 is 0 Å². The molecular formula is C16H20ClN7O. The molecule has 0 bridgehead atoms. The number of urea groups is 1. The molecule has 25 heavy (non-hydrogen) atoms. The van der Waals surface area contributed by atoms with Gasteiger partial charge in [0.15, 0.2) is 11.0 Å². The van der Waals surface area contributed by atoms with Gasteiger partial charge in [-0.2, -0.15) is 0 Å². The monoisotopic (exact) mass is 361 g/mol. The third kappa shape index (κ3) is 4.93. The summed E-state index contributed by atoms with van der Waals surface area (Å²) in [5, 5.41) is 10.6. The second-order valence-electron chi connectivity index (χ2n) is 5.71. The van der Waals surface area contributed by atoms with Gasteiger partial charge in [-0.25, -0.2) is 9.78 Å². The Morgan fingerprint density at radius 1 is 1.16 bits per heavy atom. The van der Waals surface area contributed by atoms with Crippen LogP contribution in [0.1, 0.15) is 24.8 Å². The molecular weight excluding hydrogens is 342 g/mol. The lowest BCUT2D eigenvalue weighted by Crippen LogP contribution is -2.39. The number of hydrogen-bond acceptors (Lipinski definition) is 6. The predicted octanol–water partition coefficient (Wildman–Crippen LogP) is 2.34. The Balaban J connectivity index is 1.52. The van der Waals surface area contributed by atoms with Crippen molar-refractivity contribution in [2.75, 3.05) is 23.4 Å². The number of piperidine rings is 1. The van der Waals surface area contributed by atoms with Crippen LogP contribution in [0.3, 0.4) is 0 Å². The molecule has 2 aromatic rings. The Morgan fingerprint density at radius 2 is 2.00 bits per heavy atom. The summed E-state index contributed by atoms with van der Waals surface area (Å²) < 4.78 is 0. The van der Waals surface area contributed by atoms with Crippen LogP contribution in [-0.2, 0) is 6.54 Å². The molecule has 0 spiro atoms. The largest absolute Gasteiger partial charge is 0.356 e. The van der Waals surface area contributed by atoms with Crippen molar-refractivity contribution in [2.24, 2.45) is 0 Å². The minimum Gasteiger partial charge on any atom is -0.356 e. The molecule has 3 rings (SSSR count). The molecule has 2 aromatic heterocycles. The molecule has 0 aliphatic carbocycles. The summed E-state index contributed by atoms with van der Waals surface area (Å²) in [6, 6.07) is 6.69. The molecule has 0 aromatic carbocycles. The van der Waals surface area contributed by atoms with Crippen molar-refractivity contribution < 1.29 is 4.79 Å². The van der Waals surface area contributed by atoms with E-state index in [1.807, 2.05) is 12.1 Å². The van der Waals surface area contributed by atoms with Gasteiger partial charge in [0.2, 0.25) is 0 Å². The number of nitrogens with one attached hydrogen (secondary N) is 3. The minimum absolute atomic E-state index is 0.289. The highest BCUT2D eigenvalue weighted by Gasteiger charge is 2.15. The Hall–Kier alpha value is -2.61. The van der Waals surface area contributed by atoms with E-state index in [0.29, 0.717) is 12.4 Å². The summed E-state index contributed by atoms with van der Waals surface area (Å²) in [7, 11) is 0. The van der Waals surface area contributed by atoms with Crippen LogP contribution in [0, 0.1) is 0 Å². The number of aromatic nitrogens is 3. The smallest absolute Gasteiger partial charge is 0.333 e. The topological polar surface area (TPSA) is 95.1 Å². The maximum absolute atomic E-state index is 12.0. The summed E-state index contributed by atoms with van der Waals surface area (Å²) in [5.74, 6) is 1.34. The Kier molecular flexibility index (Phi) is 5.84. The number of amides is 2.